The summed E-state index contributed by atoms with van der Waals surface area (Å²) in [6, 6.07) is 1.15. The van der Waals surface area contributed by atoms with Crippen LogP contribution in [0.25, 0.3) is 0 Å². The minimum Gasteiger partial charge on any atom is -0.378 e. The van der Waals surface area contributed by atoms with Gasteiger partial charge in [0, 0.05) is 18.6 Å². The standard InChI is InChI=1S/C12H23FN2O/c1-9(2)15(10-7-16-8-10)6-4-12-11(13)3-5-14-12/h9-12,14H,3-8H2,1-2H3. The van der Waals surface area contributed by atoms with Gasteiger partial charge in [0.15, 0.2) is 0 Å². The summed E-state index contributed by atoms with van der Waals surface area (Å²) in [4.78, 5) is 2.44. The molecule has 2 heterocycles. The van der Waals surface area contributed by atoms with Crippen molar-refractivity contribution in [1.29, 1.82) is 0 Å². The fourth-order valence-electron chi connectivity index (χ4n) is 2.58. The maximum absolute atomic E-state index is 13.4. The molecule has 2 unspecified atom stereocenters. The lowest BCUT2D eigenvalue weighted by Gasteiger charge is -2.40. The second kappa shape index (κ2) is 5.43. The molecule has 0 amide bonds. The van der Waals surface area contributed by atoms with Gasteiger partial charge in [-0.1, -0.05) is 0 Å². The molecular formula is C12H23FN2O. The number of alkyl halides is 1. The van der Waals surface area contributed by atoms with Crippen LogP contribution < -0.4 is 5.32 Å². The number of nitrogens with one attached hydrogen (secondary N) is 1. The molecule has 2 saturated heterocycles. The number of halogens is 1. The zero-order valence-corrected chi connectivity index (χ0v) is 10.3. The maximum atomic E-state index is 13.4. The highest BCUT2D eigenvalue weighted by atomic mass is 19.1. The summed E-state index contributed by atoms with van der Waals surface area (Å²) < 4.78 is 18.7. The fraction of sp³-hybridized carbons (Fsp3) is 1.00. The lowest BCUT2D eigenvalue weighted by Crippen LogP contribution is -2.53. The van der Waals surface area contributed by atoms with Gasteiger partial charge in [-0.3, -0.25) is 4.90 Å². The summed E-state index contributed by atoms with van der Waals surface area (Å²) in [5, 5.41) is 3.24. The number of ether oxygens (including phenoxy) is 1. The van der Waals surface area contributed by atoms with Crippen LogP contribution in [0.1, 0.15) is 26.7 Å². The molecule has 0 saturated carbocycles. The Bertz CT molecular complexity index is 221. The topological polar surface area (TPSA) is 24.5 Å². The molecule has 0 aliphatic carbocycles. The third-order valence-corrected chi connectivity index (χ3v) is 3.71. The average molecular weight is 230 g/mol. The van der Waals surface area contributed by atoms with E-state index in [0.717, 1.165) is 32.7 Å². The van der Waals surface area contributed by atoms with Crippen molar-refractivity contribution >= 4 is 0 Å². The Morgan fingerprint density at radius 3 is 2.62 bits per heavy atom. The van der Waals surface area contributed by atoms with Crippen LogP contribution in [0.3, 0.4) is 0 Å². The molecule has 0 aromatic rings. The van der Waals surface area contributed by atoms with Crippen LogP contribution in [-0.4, -0.2) is 55.5 Å². The van der Waals surface area contributed by atoms with Crippen LogP contribution in [-0.2, 0) is 4.74 Å². The Balaban J connectivity index is 1.77. The number of hydrogen-bond acceptors (Lipinski definition) is 3. The number of rotatable bonds is 5. The van der Waals surface area contributed by atoms with Crippen molar-refractivity contribution in [3.05, 3.63) is 0 Å². The molecule has 2 fully saturated rings. The first-order chi connectivity index (χ1) is 7.68. The Morgan fingerprint density at radius 1 is 1.44 bits per heavy atom. The zero-order valence-electron chi connectivity index (χ0n) is 10.3. The fourth-order valence-corrected chi connectivity index (χ4v) is 2.58. The molecule has 0 spiro atoms. The summed E-state index contributed by atoms with van der Waals surface area (Å²) >= 11 is 0. The van der Waals surface area contributed by atoms with Crippen LogP contribution in [0.4, 0.5) is 4.39 Å². The van der Waals surface area contributed by atoms with E-state index >= 15 is 0 Å². The van der Waals surface area contributed by atoms with Crippen LogP contribution >= 0.6 is 0 Å². The molecule has 0 aromatic heterocycles. The van der Waals surface area contributed by atoms with E-state index in [1.54, 1.807) is 0 Å². The summed E-state index contributed by atoms with van der Waals surface area (Å²) in [6.07, 6.45) is 0.945. The highest BCUT2D eigenvalue weighted by molar-refractivity contribution is 4.87. The van der Waals surface area contributed by atoms with E-state index in [-0.39, 0.29) is 6.04 Å². The highest BCUT2D eigenvalue weighted by Gasteiger charge is 2.31. The van der Waals surface area contributed by atoms with Crippen molar-refractivity contribution in [1.82, 2.24) is 10.2 Å². The molecule has 2 aliphatic heterocycles. The van der Waals surface area contributed by atoms with E-state index in [1.165, 1.54) is 0 Å². The predicted octanol–water partition coefficient (Wildman–Crippen LogP) is 1.19. The van der Waals surface area contributed by atoms with E-state index in [1.807, 2.05) is 0 Å². The van der Waals surface area contributed by atoms with Crippen LogP contribution in [0.5, 0.6) is 0 Å². The first kappa shape index (κ1) is 12.3. The third kappa shape index (κ3) is 2.73. The molecular weight excluding hydrogens is 207 g/mol. The smallest absolute Gasteiger partial charge is 0.117 e. The lowest BCUT2D eigenvalue weighted by atomic mass is 10.1. The molecule has 2 rings (SSSR count). The number of nitrogens with zero attached hydrogens (tertiary/aromatic N) is 1. The summed E-state index contributed by atoms with van der Waals surface area (Å²) in [5.74, 6) is 0. The normalized spacial score (nSPS) is 31.3. The van der Waals surface area contributed by atoms with Gasteiger partial charge in [-0.05, 0) is 33.2 Å². The van der Waals surface area contributed by atoms with E-state index in [2.05, 4.69) is 24.1 Å². The molecule has 0 radical (unpaired) electrons. The van der Waals surface area contributed by atoms with Gasteiger partial charge in [-0.25, -0.2) is 4.39 Å². The minimum atomic E-state index is -0.647. The predicted molar refractivity (Wildman–Crippen MR) is 62.4 cm³/mol. The van der Waals surface area contributed by atoms with Crippen LogP contribution in [0.2, 0.25) is 0 Å². The monoisotopic (exact) mass is 230 g/mol. The largest absolute Gasteiger partial charge is 0.378 e. The Labute approximate surface area is 97.3 Å². The van der Waals surface area contributed by atoms with Gasteiger partial charge in [0.1, 0.15) is 6.17 Å². The average Bonchev–Trinajstić information content (AvgIpc) is 2.55. The highest BCUT2D eigenvalue weighted by Crippen LogP contribution is 2.18. The first-order valence-corrected chi connectivity index (χ1v) is 6.39. The molecule has 0 aromatic carbocycles. The van der Waals surface area contributed by atoms with Crippen molar-refractivity contribution in [2.24, 2.45) is 0 Å². The molecule has 0 bridgehead atoms. The van der Waals surface area contributed by atoms with Crippen molar-refractivity contribution in [3.8, 4) is 0 Å². The van der Waals surface area contributed by atoms with Gasteiger partial charge in [-0.2, -0.15) is 0 Å². The van der Waals surface area contributed by atoms with Crippen LogP contribution in [0, 0.1) is 0 Å². The minimum absolute atomic E-state index is 0.0715. The molecule has 3 nitrogen and oxygen atoms in total. The second-order valence-electron chi connectivity index (χ2n) is 5.18. The lowest BCUT2D eigenvalue weighted by molar-refractivity contribution is -0.0761. The zero-order chi connectivity index (χ0) is 11.5. The van der Waals surface area contributed by atoms with Crippen molar-refractivity contribution in [2.75, 3.05) is 26.3 Å². The van der Waals surface area contributed by atoms with Crippen LogP contribution in [0.15, 0.2) is 0 Å². The van der Waals surface area contributed by atoms with Gasteiger partial charge in [0.2, 0.25) is 0 Å². The molecule has 2 atom stereocenters. The van der Waals surface area contributed by atoms with Gasteiger partial charge in [0.05, 0.1) is 19.3 Å². The maximum Gasteiger partial charge on any atom is 0.117 e. The second-order valence-corrected chi connectivity index (χ2v) is 5.18. The Kier molecular flexibility index (Phi) is 4.16. The summed E-state index contributed by atoms with van der Waals surface area (Å²) in [5.41, 5.74) is 0. The number of hydrogen-bond donors (Lipinski definition) is 1. The van der Waals surface area contributed by atoms with E-state index in [9.17, 15) is 4.39 Å². The third-order valence-electron chi connectivity index (χ3n) is 3.71. The molecule has 2 aliphatic rings. The van der Waals surface area contributed by atoms with Gasteiger partial charge >= 0.3 is 0 Å². The molecule has 1 N–H and O–H groups in total. The summed E-state index contributed by atoms with van der Waals surface area (Å²) in [7, 11) is 0. The quantitative estimate of drug-likeness (QED) is 0.767. The Hall–Kier alpha value is -0.190. The van der Waals surface area contributed by atoms with Gasteiger partial charge < -0.3 is 10.1 Å². The van der Waals surface area contributed by atoms with Crippen molar-refractivity contribution in [3.63, 3.8) is 0 Å². The SMILES string of the molecule is CC(C)N(CCC1NCCC1F)C1COC1. The first-order valence-electron chi connectivity index (χ1n) is 6.39. The van der Waals surface area contributed by atoms with E-state index in [0.29, 0.717) is 18.5 Å². The van der Waals surface area contributed by atoms with E-state index < -0.39 is 6.17 Å². The van der Waals surface area contributed by atoms with Crippen molar-refractivity contribution in [2.45, 2.75) is 51.0 Å². The van der Waals surface area contributed by atoms with Gasteiger partial charge in [0.25, 0.3) is 0 Å². The Morgan fingerprint density at radius 2 is 2.19 bits per heavy atom. The van der Waals surface area contributed by atoms with Gasteiger partial charge in [-0.15, -0.1) is 0 Å². The van der Waals surface area contributed by atoms with Crippen molar-refractivity contribution < 1.29 is 9.13 Å². The molecule has 94 valence electrons. The summed E-state index contributed by atoms with van der Waals surface area (Å²) in [6.45, 7) is 7.90. The molecule has 4 heteroatoms. The van der Waals surface area contributed by atoms with E-state index in [4.69, 9.17) is 4.74 Å². The molecule has 16 heavy (non-hydrogen) atoms.